The topological polar surface area (TPSA) is 104 Å². The van der Waals surface area contributed by atoms with E-state index in [4.69, 9.17) is 9.97 Å². The maximum atomic E-state index is 14.3. The number of nitrogens with zero attached hydrogens (tertiary/aromatic N) is 6. The Balaban J connectivity index is 0.862. The van der Waals surface area contributed by atoms with Gasteiger partial charge in [0.25, 0.3) is 0 Å². The zero-order chi connectivity index (χ0) is 39.6. The Morgan fingerprint density at radius 3 is 1.50 bits per heavy atom. The van der Waals surface area contributed by atoms with E-state index in [0.29, 0.717) is 0 Å². The molecule has 0 spiro atoms. The average Bonchev–Trinajstić information content (AvgIpc) is 4.12. The molecule has 3 aliphatic heterocycles. The normalized spacial score (nSPS) is 19.6. The predicted molar refractivity (Wildman–Crippen MR) is 227 cm³/mol. The van der Waals surface area contributed by atoms with Crippen LogP contribution in [0, 0.1) is 0 Å². The van der Waals surface area contributed by atoms with Crippen molar-refractivity contribution in [2.45, 2.75) is 62.7 Å². The van der Waals surface area contributed by atoms with Gasteiger partial charge >= 0.3 is 0 Å². The minimum atomic E-state index is -0.340. The molecule has 2 aromatic heterocycles. The lowest BCUT2D eigenvalue weighted by Crippen LogP contribution is -2.42. The molecule has 0 radical (unpaired) electrons. The SMILES string of the molecule is CN(C)C(C(=O)N1CCC[C@H]1c1ncc(-c2ccc(-c3ccc(-c4cnc([C@@H]5CCCN5C(=O)[C@@H](c5ccccc5)N5CCCC5)[nH]4)cc3)cc2)[nH]1)c1ccccc1. The van der Waals surface area contributed by atoms with Crippen LogP contribution in [0.25, 0.3) is 33.6 Å². The van der Waals surface area contributed by atoms with Crippen LogP contribution in [0.3, 0.4) is 0 Å². The van der Waals surface area contributed by atoms with Gasteiger partial charge in [0.2, 0.25) is 11.8 Å². The van der Waals surface area contributed by atoms with Gasteiger partial charge in [0, 0.05) is 13.1 Å². The number of rotatable bonds is 11. The zero-order valence-corrected chi connectivity index (χ0v) is 33.4. The van der Waals surface area contributed by atoms with Crippen LogP contribution in [0.2, 0.25) is 0 Å². The van der Waals surface area contributed by atoms with Gasteiger partial charge in [-0.25, -0.2) is 9.97 Å². The number of imidazole rings is 2. The molecule has 1 unspecified atom stereocenters. The van der Waals surface area contributed by atoms with Gasteiger partial charge in [-0.05, 0) is 99.1 Å². The lowest BCUT2D eigenvalue weighted by atomic mass is 10.0. The summed E-state index contributed by atoms with van der Waals surface area (Å²) in [5, 5.41) is 0. The van der Waals surface area contributed by atoms with E-state index in [1.54, 1.807) is 0 Å². The van der Waals surface area contributed by atoms with Crippen molar-refractivity contribution in [2.24, 2.45) is 0 Å². The number of nitrogens with one attached hydrogen (secondary N) is 2. The van der Waals surface area contributed by atoms with Crippen molar-refractivity contribution in [1.29, 1.82) is 0 Å². The molecule has 6 aromatic rings. The fraction of sp³-hybridized carbons (Fsp3) is 0.333. The number of likely N-dealkylation sites (tertiary alicyclic amines) is 3. The molecule has 0 saturated carbocycles. The molecule has 3 saturated heterocycles. The van der Waals surface area contributed by atoms with Gasteiger partial charge in [-0.15, -0.1) is 0 Å². The number of hydrogen-bond acceptors (Lipinski definition) is 6. The Morgan fingerprint density at radius 1 is 0.569 bits per heavy atom. The standard InChI is InChI=1S/C48H52N8O2/c1-53(2)43(37-13-5-3-6-14-37)47(57)55-29-11-17-41(55)45-49-31-39(51-45)35-23-19-33(20-24-35)34-21-25-36(26-22-34)40-32-50-46(52-40)42-18-12-30-56(42)48(58)44(54-27-9-10-28-54)38-15-7-4-8-16-38/h3-8,13-16,19-26,31-32,41-44H,9-12,17-18,27-30H2,1-2H3,(H,49,51)(H,50,52)/t41-,42-,43?,44+/m0/s1. The maximum absolute atomic E-state index is 14.3. The van der Waals surface area contributed by atoms with Crippen LogP contribution < -0.4 is 0 Å². The molecule has 3 aliphatic rings. The minimum absolute atomic E-state index is 0.0616. The van der Waals surface area contributed by atoms with Gasteiger partial charge in [-0.1, -0.05) is 109 Å². The molecule has 3 fully saturated rings. The molecular formula is C48H52N8O2. The highest BCUT2D eigenvalue weighted by atomic mass is 16.2. The van der Waals surface area contributed by atoms with Crippen LogP contribution in [-0.2, 0) is 9.59 Å². The number of H-pyrrole nitrogens is 2. The molecule has 0 aliphatic carbocycles. The largest absolute Gasteiger partial charge is 0.340 e. The molecule has 10 heteroatoms. The van der Waals surface area contributed by atoms with Crippen molar-refractivity contribution >= 4 is 11.8 Å². The molecular weight excluding hydrogens is 721 g/mol. The molecule has 296 valence electrons. The number of likely N-dealkylation sites (N-methyl/N-ethyl adjacent to an activating group) is 1. The first-order valence-electron chi connectivity index (χ1n) is 20.9. The number of aromatic nitrogens is 4. The molecule has 0 bridgehead atoms. The van der Waals surface area contributed by atoms with E-state index >= 15 is 0 Å². The second kappa shape index (κ2) is 16.6. The third-order valence-corrected chi connectivity index (χ3v) is 12.3. The maximum Gasteiger partial charge on any atom is 0.245 e. The van der Waals surface area contributed by atoms with Crippen molar-refractivity contribution < 1.29 is 9.59 Å². The summed E-state index contributed by atoms with van der Waals surface area (Å²) in [6, 6.07) is 36.6. The Bertz CT molecular complexity index is 2310. The van der Waals surface area contributed by atoms with Gasteiger partial charge in [0.05, 0.1) is 35.9 Å². The number of benzene rings is 4. The number of aromatic amines is 2. The Morgan fingerprint density at radius 2 is 1.02 bits per heavy atom. The van der Waals surface area contributed by atoms with Crippen molar-refractivity contribution in [3.63, 3.8) is 0 Å². The predicted octanol–water partition coefficient (Wildman–Crippen LogP) is 8.60. The Hall–Kier alpha value is -5.84. The first kappa shape index (κ1) is 37.7. The fourth-order valence-corrected chi connectivity index (χ4v) is 9.38. The molecule has 5 heterocycles. The quantitative estimate of drug-likeness (QED) is 0.137. The second-order valence-electron chi connectivity index (χ2n) is 16.2. The zero-order valence-electron chi connectivity index (χ0n) is 33.4. The van der Waals surface area contributed by atoms with Gasteiger partial charge in [-0.2, -0.15) is 0 Å². The van der Waals surface area contributed by atoms with E-state index in [-0.39, 0.29) is 36.0 Å². The highest BCUT2D eigenvalue weighted by molar-refractivity contribution is 5.85. The van der Waals surface area contributed by atoms with Gasteiger partial charge in [0.15, 0.2) is 0 Å². The van der Waals surface area contributed by atoms with E-state index in [1.165, 1.54) is 0 Å². The summed E-state index contributed by atoms with van der Waals surface area (Å²) in [5.74, 6) is 1.98. The van der Waals surface area contributed by atoms with E-state index in [0.717, 1.165) is 121 Å². The molecule has 4 atom stereocenters. The van der Waals surface area contributed by atoms with Crippen LogP contribution >= 0.6 is 0 Å². The highest BCUT2D eigenvalue weighted by Crippen LogP contribution is 2.38. The van der Waals surface area contributed by atoms with Crippen LogP contribution in [0.15, 0.2) is 122 Å². The first-order valence-corrected chi connectivity index (χ1v) is 20.9. The highest BCUT2D eigenvalue weighted by Gasteiger charge is 2.40. The van der Waals surface area contributed by atoms with E-state index < -0.39 is 0 Å². The number of amides is 2. The van der Waals surface area contributed by atoms with Crippen molar-refractivity contribution in [3.05, 3.63) is 144 Å². The summed E-state index contributed by atoms with van der Waals surface area (Å²) in [7, 11) is 3.93. The van der Waals surface area contributed by atoms with Crippen molar-refractivity contribution in [1.82, 2.24) is 39.5 Å². The van der Waals surface area contributed by atoms with Gasteiger partial charge in [0.1, 0.15) is 23.7 Å². The summed E-state index contributed by atoms with van der Waals surface area (Å²) in [5.41, 5.74) is 8.30. The van der Waals surface area contributed by atoms with Crippen molar-refractivity contribution in [3.8, 4) is 33.6 Å². The second-order valence-corrected chi connectivity index (χ2v) is 16.2. The van der Waals surface area contributed by atoms with E-state index in [1.807, 2.05) is 84.8 Å². The molecule has 10 nitrogen and oxygen atoms in total. The molecule has 2 N–H and O–H groups in total. The van der Waals surface area contributed by atoms with Crippen LogP contribution in [0.4, 0.5) is 0 Å². The summed E-state index contributed by atoms with van der Waals surface area (Å²) in [4.78, 5) is 53.4. The van der Waals surface area contributed by atoms with E-state index in [9.17, 15) is 9.59 Å². The Kier molecular flexibility index (Phi) is 10.8. The van der Waals surface area contributed by atoms with Crippen molar-refractivity contribution in [2.75, 3.05) is 40.3 Å². The number of carbonyl (C=O) groups excluding carboxylic acids is 2. The third kappa shape index (κ3) is 7.50. The molecule has 9 rings (SSSR count). The summed E-state index contributed by atoms with van der Waals surface area (Å²) >= 11 is 0. The van der Waals surface area contributed by atoms with Gasteiger partial charge in [-0.3, -0.25) is 19.4 Å². The number of hydrogen-bond donors (Lipinski definition) is 2. The molecule has 4 aromatic carbocycles. The molecule has 2 amide bonds. The summed E-state index contributed by atoms with van der Waals surface area (Å²) in [6.07, 6.45) is 9.76. The summed E-state index contributed by atoms with van der Waals surface area (Å²) < 4.78 is 0. The minimum Gasteiger partial charge on any atom is -0.340 e. The van der Waals surface area contributed by atoms with Gasteiger partial charge < -0.3 is 19.8 Å². The first-order chi connectivity index (χ1) is 28.4. The number of carbonyl (C=O) groups is 2. The summed E-state index contributed by atoms with van der Waals surface area (Å²) in [6.45, 7) is 3.38. The monoisotopic (exact) mass is 772 g/mol. The lowest BCUT2D eigenvalue weighted by molar-refractivity contribution is -0.138. The van der Waals surface area contributed by atoms with Crippen LogP contribution in [0.1, 0.15) is 85.5 Å². The molecule has 58 heavy (non-hydrogen) atoms. The average molecular weight is 773 g/mol. The van der Waals surface area contributed by atoms with Crippen LogP contribution in [0.5, 0.6) is 0 Å². The smallest absolute Gasteiger partial charge is 0.245 e. The Labute approximate surface area is 340 Å². The van der Waals surface area contributed by atoms with Crippen LogP contribution in [-0.4, -0.2) is 91.6 Å². The van der Waals surface area contributed by atoms with E-state index in [2.05, 4.69) is 80.4 Å². The third-order valence-electron chi connectivity index (χ3n) is 12.3. The lowest BCUT2D eigenvalue weighted by Gasteiger charge is -2.33. The fourth-order valence-electron chi connectivity index (χ4n) is 9.38.